The van der Waals surface area contributed by atoms with Crippen LogP contribution in [0.2, 0.25) is 0 Å². The van der Waals surface area contributed by atoms with Gasteiger partial charge in [0.1, 0.15) is 0 Å². The van der Waals surface area contributed by atoms with Crippen molar-refractivity contribution in [2.24, 2.45) is 5.73 Å². The van der Waals surface area contributed by atoms with E-state index >= 15 is 0 Å². The van der Waals surface area contributed by atoms with Crippen LogP contribution in [0.5, 0.6) is 0 Å². The molecular formula is C18H21BrN2S. The molecule has 22 heavy (non-hydrogen) atoms. The molecule has 0 fully saturated rings. The molecule has 0 atom stereocenters. The Morgan fingerprint density at radius 3 is 2.77 bits per heavy atom. The number of para-hydroxylation sites is 1. The van der Waals surface area contributed by atoms with Gasteiger partial charge in [-0.3, -0.25) is 0 Å². The number of halogens is 1. The summed E-state index contributed by atoms with van der Waals surface area (Å²) in [5, 5.41) is 3.50. The van der Waals surface area contributed by atoms with Gasteiger partial charge in [-0.15, -0.1) is 11.3 Å². The third kappa shape index (κ3) is 2.87. The first kappa shape index (κ1) is 15.8. The topological polar surface area (TPSA) is 41.8 Å². The van der Waals surface area contributed by atoms with Crippen molar-refractivity contribution in [2.75, 3.05) is 6.54 Å². The van der Waals surface area contributed by atoms with E-state index in [1.165, 1.54) is 37.1 Å². The third-order valence-corrected chi connectivity index (χ3v) is 5.99. The normalized spacial score (nSPS) is 11.4. The zero-order valence-corrected chi connectivity index (χ0v) is 15.2. The van der Waals surface area contributed by atoms with E-state index in [1.54, 1.807) is 11.3 Å². The van der Waals surface area contributed by atoms with Gasteiger partial charge in [-0.1, -0.05) is 25.1 Å². The van der Waals surface area contributed by atoms with Gasteiger partial charge in [-0.2, -0.15) is 0 Å². The molecule has 0 saturated carbocycles. The van der Waals surface area contributed by atoms with Gasteiger partial charge in [-0.25, -0.2) is 0 Å². The average molecular weight is 377 g/mol. The van der Waals surface area contributed by atoms with Crippen molar-refractivity contribution in [1.82, 2.24) is 4.98 Å². The lowest BCUT2D eigenvalue weighted by Crippen LogP contribution is -1.99. The van der Waals surface area contributed by atoms with Gasteiger partial charge in [0.15, 0.2) is 0 Å². The number of nitrogens with two attached hydrogens (primary N) is 1. The van der Waals surface area contributed by atoms with Crippen molar-refractivity contribution < 1.29 is 0 Å². The number of thiophene rings is 1. The average Bonchev–Trinajstić information content (AvgIpc) is 3.11. The second-order valence-electron chi connectivity index (χ2n) is 5.52. The van der Waals surface area contributed by atoms with Gasteiger partial charge >= 0.3 is 0 Å². The highest BCUT2D eigenvalue weighted by molar-refractivity contribution is 9.10. The Bertz CT molecular complexity index is 773. The van der Waals surface area contributed by atoms with Gasteiger partial charge in [0.2, 0.25) is 0 Å². The summed E-state index contributed by atoms with van der Waals surface area (Å²) in [5.74, 6) is 0. The number of fused-ring (bicyclic) bond motifs is 1. The summed E-state index contributed by atoms with van der Waals surface area (Å²) in [6.45, 7) is 2.98. The first-order chi connectivity index (χ1) is 10.8. The third-order valence-electron chi connectivity index (χ3n) is 4.13. The lowest BCUT2D eigenvalue weighted by molar-refractivity contribution is 0.748. The fourth-order valence-corrected chi connectivity index (χ4v) is 4.60. The van der Waals surface area contributed by atoms with Crippen LogP contribution >= 0.6 is 27.3 Å². The highest BCUT2D eigenvalue weighted by atomic mass is 79.9. The van der Waals surface area contributed by atoms with Crippen molar-refractivity contribution in [3.63, 3.8) is 0 Å². The van der Waals surface area contributed by atoms with Crippen molar-refractivity contribution in [3.05, 3.63) is 45.2 Å². The minimum Gasteiger partial charge on any atom is -0.353 e. The maximum Gasteiger partial charge on any atom is 0.0650 e. The molecule has 2 nitrogen and oxygen atoms in total. The fraction of sp³-hybridized carbons (Fsp3) is 0.333. The summed E-state index contributed by atoms with van der Waals surface area (Å²) >= 11 is 5.46. The number of benzene rings is 1. The number of aryl methyl sites for hydroxylation is 2. The maximum atomic E-state index is 5.67. The summed E-state index contributed by atoms with van der Waals surface area (Å²) in [6.07, 6.45) is 4.33. The van der Waals surface area contributed by atoms with Crippen LogP contribution in [0.3, 0.4) is 0 Å². The monoisotopic (exact) mass is 376 g/mol. The number of hydrogen-bond acceptors (Lipinski definition) is 2. The van der Waals surface area contributed by atoms with Gasteiger partial charge in [-0.05, 0) is 70.7 Å². The largest absolute Gasteiger partial charge is 0.353 e. The molecule has 0 aliphatic carbocycles. The number of aromatic nitrogens is 1. The van der Waals surface area contributed by atoms with Crippen LogP contribution in [0.25, 0.3) is 21.5 Å². The number of hydrogen-bond donors (Lipinski definition) is 2. The molecule has 0 amide bonds. The van der Waals surface area contributed by atoms with Crippen LogP contribution in [0.15, 0.2) is 34.1 Å². The van der Waals surface area contributed by atoms with E-state index in [2.05, 4.69) is 57.5 Å². The molecule has 2 aromatic heterocycles. The summed E-state index contributed by atoms with van der Waals surface area (Å²) in [6, 6.07) is 8.76. The van der Waals surface area contributed by atoms with Crippen molar-refractivity contribution >= 4 is 38.2 Å². The molecule has 3 N–H and O–H groups in total. The number of nitrogens with one attached hydrogen (secondary N) is 1. The molecule has 0 saturated heterocycles. The highest BCUT2D eigenvalue weighted by Crippen LogP contribution is 2.39. The zero-order valence-electron chi connectivity index (χ0n) is 12.8. The van der Waals surface area contributed by atoms with Crippen molar-refractivity contribution in [3.8, 4) is 10.6 Å². The van der Waals surface area contributed by atoms with E-state index < -0.39 is 0 Å². The van der Waals surface area contributed by atoms with Crippen LogP contribution in [-0.4, -0.2) is 11.5 Å². The minimum absolute atomic E-state index is 0.764. The molecule has 2 heterocycles. The Hall–Kier alpha value is -1.10. The fourth-order valence-electron chi connectivity index (χ4n) is 3.00. The molecule has 4 heteroatoms. The second kappa shape index (κ2) is 6.99. The van der Waals surface area contributed by atoms with Crippen LogP contribution in [0.4, 0.5) is 0 Å². The molecule has 0 radical (unpaired) electrons. The minimum atomic E-state index is 0.764. The summed E-state index contributed by atoms with van der Waals surface area (Å²) < 4.78 is 1.17. The smallest absolute Gasteiger partial charge is 0.0650 e. The van der Waals surface area contributed by atoms with E-state index in [9.17, 15) is 0 Å². The summed E-state index contributed by atoms with van der Waals surface area (Å²) in [4.78, 5) is 5.00. The zero-order chi connectivity index (χ0) is 15.5. The number of unbranched alkanes of at least 4 members (excludes halogenated alkanes) is 1. The quantitative estimate of drug-likeness (QED) is 0.547. The molecule has 0 unspecified atom stereocenters. The molecule has 1 aromatic carbocycles. The number of H-pyrrole nitrogens is 1. The van der Waals surface area contributed by atoms with Crippen LogP contribution in [0.1, 0.15) is 30.9 Å². The predicted molar refractivity (Wildman–Crippen MR) is 101 cm³/mol. The lowest BCUT2D eigenvalue weighted by Gasteiger charge is -2.04. The van der Waals surface area contributed by atoms with Crippen LogP contribution < -0.4 is 5.73 Å². The van der Waals surface area contributed by atoms with E-state index in [1.807, 2.05) is 0 Å². The highest BCUT2D eigenvalue weighted by Gasteiger charge is 2.17. The van der Waals surface area contributed by atoms with Crippen molar-refractivity contribution in [2.45, 2.75) is 32.6 Å². The standard InChI is InChI=1S/C18H21BrN2S/c1-2-12-6-5-8-13-14(7-3-4-10-20)17(21-16(12)13)18-15(19)9-11-22-18/h5-6,8-9,11,21H,2-4,7,10,20H2,1H3. The first-order valence-electron chi connectivity index (χ1n) is 7.82. The Balaban J connectivity index is 2.16. The van der Waals surface area contributed by atoms with Crippen molar-refractivity contribution in [1.29, 1.82) is 0 Å². The van der Waals surface area contributed by atoms with E-state index in [0.29, 0.717) is 0 Å². The van der Waals surface area contributed by atoms with E-state index in [-0.39, 0.29) is 0 Å². The predicted octanol–water partition coefficient (Wildman–Crippen LogP) is 5.50. The number of rotatable bonds is 6. The van der Waals surface area contributed by atoms with Crippen LogP contribution in [-0.2, 0) is 12.8 Å². The molecule has 0 spiro atoms. The molecule has 116 valence electrons. The van der Waals surface area contributed by atoms with E-state index in [4.69, 9.17) is 5.73 Å². The second-order valence-corrected chi connectivity index (χ2v) is 7.29. The summed E-state index contributed by atoms with van der Waals surface area (Å²) in [5.41, 5.74) is 11.1. The first-order valence-corrected chi connectivity index (χ1v) is 9.49. The Morgan fingerprint density at radius 2 is 2.09 bits per heavy atom. The Kier molecular flexibility index (Phi) is 5.01. The Labute approximate surface area is 143 Å². The molecule has 0 aliphatic rings. The van der Waals surface area contributed by atoms with Gasteiger partial charge in [0, 0.05) is 15.4 Å². The maximum absolute atomic E-state index is 5.67. The SMILES string of the molecule is CCc1cccc2c(CCCCN)c(-c3sccc3Br)[nH]c12. The van der Waals surface area contributed by atoms with Crippen LogP contribution in [0, 0.1) is 0 Å². The molecule has 3 aromatic rings. The summed E-state index contributed by atoms with van der Waals surface area (Å²) in [7, 11) is 0. The van der Waals surface area contributed by atoms with Gasteiger partial charge < -0.3 is 10.7 Å². The van der Waals surface area contributed by atoms with Gasteiger partial charge in [0.05, 0.1) is 10.6 Å². The molecule has 3 rings (SSSR count). The van der Waals surface area contributed by atoms with Gasteiger partial charge in [0.25, 0.3) is 0 Å². The molecular weight excluding hydrogens is 356 g/mol. The lowest BCUT2D eigenvalue weighted by atomic mass is 10.0. The molecule has 0 bridgehead atoms. The molecule has 0 aliphatic heterocycles. The van der Waals surface area contributed by atoms with E-state index in [0.717, 1.165) is 32.2 Å². The Morgan fingerprint density at radius 1 is 1.23 bits per heavy atom. The number of aromatic amines is 1.